The van der Waals surface area contributed by atoms with E-state index in [1.807, 2.05) is 18.2 Å². The summed E-state index contributed by atoms with van der Waals surface area (Å²) in [6, 6.07) is 11.6. The highest BCUT2D eigenvalue weighted by Crippen LogP contribution is 2.51. The van der Waals surface area contributed by atoms with Gasteiger partial charge in [0.25, 0.3) is 0 Å². The first-order valence-electron chi connectivity index (χ1n) is 14.7. The Labute approximate surface area is 264 Å². The SMILES string of the molecule is CN(C)C1CN(c2ccc(-n3cc(C(=O)O)c(=O)c4cc(Cl)c(N5C6CCC5(COc5ncccc5Cl)CC6)cc43)cn2)C1. The lowest BCUT2D eigenvalue weighted by Crippen LogP contribution is -2.57. The van der Waals surface area contributed by atoms with Crippen molar-refractivity contribution in [3.8, 4) is 11.6 Å². The van der Waals surface area contributed by atoms with Crippen LogP contribution in [-0.2, 0) is 0 Å². The zero-order chi connectivity index (χ0) is 30.7. The van der Waals surface area contributed by atoms with E-state index in [-0.39, 0.29) is 22.5 Å². The van der Waals surface area contributed by atoms with E-state index in [2.05, 4.69) is 38.8 Å². The first kappa shape index (κ1) is 28.9. The second-order valence-corrected chi connectivity index (χ2v) is 13.0. The van der Waals surface area contributed by atoms with E-state index in [4.69, 9.17) is 27.9 Å². The molecule has 0 unspecified atom stereocenters. The Kier molecular flexibility index (Phi) is 7.18. The predicted octanol–water partition coefficient (Wildman–Crippen LogP) is 5.12. The zero-order valence-corrected chi connectivity index (χ0v) is 25.9. The van der Waals surface area contributed by atoms with Crippen LogP contribution in [0.5, 0.6) is 5.88 Å². The van der Waals surface area contributed by atoms with Crippen molar-refractivity contribution in [2.45, 2.75) is 43.3 Å². The van der Waals surface area contributed by atoms with Gasteiger partial charge in [-0.05, 0) is 76.2 Å². The van der Waals surface area contributed by atoms with E-state index in [0.29, 0.717) is 39.8 Å². The highest BCUT2D eigenvalue weighted by atomic mass is 35.5. The number of aromatic nitrogens is 3. The highest BCUT2D eigenvalue weighted by Gasteiger charge is 2.53. The average molecular weight is 636 g/mol. The molecule has 10 nitrogen and oxygen atoms in total. The second-order valence-electron chi connectivity index (χ2n) is 12.2. The summed E-state index contributed by atoms with van der Waals surface area (Å²) >= 11 is 13.3. The fourth-order valence-corrected chi connectivity index (χ4v) is 7.37. The number of likely N-dealkylation sites (N-methyl/N-ethyl adjacent to an activating group) is 1. The minimum absolute atomic E-state index is 0.233. The smallest absolute Gasteiger partial charge is 0.341 e. The molecular formula is C32H32Cl2N6O4. The number of hydrogen-bond donors (Lipinski definition) is 1. The van der Waals surface area contributed by atoms with Crippen LogP contribution in [0.15, 0.2) is 59.8 Å². The molecule has 3 aliphatic rings. The van der Waals surface area contributed by atoms with Crippen LogP contribution in [0.3, 0.4) is 0 Å². The number of carboxylic acids is 1. The molecule has 0 aliphatic carbocycles. The molecule has 44 heavy (non-hydrogen) atoms. The largest absolute Gasteiger partial charge is 0.477 e. The molecule has 3 saturated heterocycles. The van der Waals surface area contributed by atoms with Crippen molar-refractivity contribution >= 4 is 51.6 Å². The molecule has 12 heteroatoms. The molecule has 228 valence electrons. The first-order valence-corrected chi connectivity index (χ1v) is 15.4. The summed E-state index contributed by atoms with van der Waals surface area (Å²) in [6.07, 6.45) is 8.54. The molecule has 7 rings (SSSR count). The van der Waals surface area contributed by atoms with Crippen LogP contribution in [0.2, 0.25) is 10.0 Å². The third-order valence-corrected chi connectivity index (χ3v) is 10.0. The predicted molar refractivity (Wildman–Crippen MR) is 171 cm³/mol. The molecule has 2 bridgehead atoms. The molecular weight excluding hydrogens is 603 g/mol. The third-order valence-electron chi connectivity index (χ3n) is 9.45. The van der Waals surface area contributed by atoms with Crippen LogP contribution in [0.1, 0.15) is 36.0 Å². The second kappa shape index (κ2) is 10.9. The molecule has 4 aromatic rings. The number of ether oxygens (including phenoxy) is 1. The molecule has 0 amide bonds. The average Bonchev–Trinajstić information content (AvgIpc) is 3.52. The number of anilines is 2. The van der Waals surface area contributed by atoms with Crippen LogP contribution in [0.25, 0.3) is 16.6 Å². The Balaban J connectivity index is 1.29. The van der Waals surface area contributed by atoms with Gasteiger partial charge in [-0.15, -0.1) is 0 Å². The number of hydrogen-bond acceptors (Lipinski definition) is 8. The van der Waals surface area contributed by atoms with Crippen molar-refractivity contribution in [1.29, 1.82) is 0 Å². The lowest BCUT2D eigenvalue weighted by molar-refractivity contribution is 0.0695. The summed E-state index contributed by atoms with van der Waals surface area (Å²) in [7, 11) is 4.14. The van der Waals surface area contributed by atoms with Gasteiger partial charge in [-0.3, -0.25) is 4.79 Å². The third kappa shape index (κ3) is 4.76. The number of benzene rings is 1. The van der Waals surface area contributed by atoms with Gasteiger partial charge in [0.2, 0.25) is 11.3 Å². The monoisotopic (exact) mass is 634 g/mol. The van der Waals surface area contributed by atoms with Crippen molar-refractivity contribution in [3.63, 3.8) is 0 Å². The van der Waals surface area contributed by atoms with E-state index in [0.717, 1.165) is 50.3 Å². The molecule has 1 aromatic carbocycles. The lowest BCUT2D eigenvalue weighted by Gasteiger charge is -2.43. The zero-order valence-electron chi connectivity index (χ0n) is 24.4. The number of halogens is 2. The Morgan fingerprint density at radius 2 is 1.89 bits per heavy atom. The van der Waals surface area contributed by atoms with E-state index < -0.39 is 11.4 Å². The van der Waals surface area contributed by atoms with Crippen molar-refractivity contribution in [2.75, 3.05) is 43.6 Å². The Morgan fingerprint density at radius 3 is 2.55 bits per heavy atom. The molecule has 0 atom stereocenters. The first-order chi connectivity index (χ1) is 21.1. The van der Waals surface area contributed by atoms with Gasteiger partial charge < -0.3 is 29.1 Å². The fraction of sp³-hybridized carbons (Fsp3) is 0.375. The van der Waals surface area contributed by atoms with Crippen molar-refractivity contribution in [2.24, 2.45) is 0 Å². The summed E-state index contributed by atoms with van der Waals surface area (Å²) in [5, 5.41) is 11.0. The molecule has 6 heterocycles. The van der Waals surface area contributed by atoms with Gasteiger partial charge in [-0.1, -0.05) is 23.2 Å². The van der Waals surface area contributed by atoms with E-state index in [1.165, 1.54) is 6.20 Å². The molecule has 0 radical (unpaired) electrons. The molecule has 3 fully saturated rings. The molecule has 0 spiro atoms. The summed E-state index contributed by atoms with van der Waals surface area (Å²) in [5.41, 5.74) is 0.752. The fourth-order valence-electron chi connectivity index (χ4n) is 6.93. The summed E-state index contributed by atoms with van der Waals surface area (Å²) in [4.78, 5) is 41.2. The van der Waals surface area contributed by atoms with Gasteiger partial charge in [0.05, 0.1) is 33.6 Å². The number of carboxylic acid groups (broad SMARTS) is 1. The van der Waals surface area contributed by atoms with Gasteiger partial charge in [0, 0.05) is 43.0 Å². The van der Waals surface area contributed by atoms with Crippen LogP contribution in [-0.4, -0.2) is 81.9 Å². The summed E-state index contributed by atoms with van der Waals surface area (Å²) in [5.74, 6) is -0.0551. The number of nitrogens with zero attached hydrogens (tertiary/aromatic N) is 6. The van der Waals surface area contributed by atoms with E-state index in [1.54, 1.807) is 35.2 Å². The molecule has 3 aromatic heterocycles. The Hall–Kier alpha value is -3.86. The Bertz CT molecular complexity index is 1810. The van der Waals surface area contributed by atoms with Crippen LogP contribution in [0.4, 0.5) is 11.5 Å². The summed E-state index contributed by atoms with van der Waals surface area (Å²) in [6.45, 7) is 2.16. The number of fused-ring (bicyclic) bond motifs is 3. The van der Waals surface area contributed by atoms with Gasteiger partial charge in [0.15, 0.2) is 0 Å². The number of pyridine rings is 3. The minimum Gasteiger partial charge on any atom is -0.477 e. The Morgan fingerprint density at radius 1 is 1.11 bits per heavy atom. The van der Waals surface area contributed by atoms with Crippen LogP contribution >= 0.6 is 23.2 Å². The molecule has 1 N–H and O–H groups in total. The minimum atomic E-state index is -1.30. The number of rotatable bonds is 8. The normalized spacial score (nSPS) is 21.3. The van der Waals surface area contributed by atoms with Crippen molar-refractivity contribution < 1.29 is 14.6 Å². The van der Waals surface area contributed by atoms with Crippen molar-refractivity contribution in [3.05, 3.63) is 80.8 Å². The topological polar surface area (TPSA) is 104 Å². The van der Waals surface area contributed by atoms with Gasteiger partial charge in [-0.25, -0.2) is 14.8 Å². The van der Waals surface area contributed by atoms with Crippen LogP contribution in [0, 0.1) is 0 Å². The lowest BCUT2D eigenvalue weighted by atomic mass is 9.88. The standard InChI is InChI=1S/C32H32Cl2N6O4/c1-37(2)21-15-38(16-21)28-6-5-20(14-36-28)39-17-23(31(42)43)29(41)22-12-25(34)27(13-26(22)39)40-19-7-9-32(40,10-8-19)18-44-30-24(33)4-3-11-35-30/h3-6,11-14,17,19,21H,7-10,15-16,18H2,1-2H3,(H,42,43). The van der Waals surface area contributed by atoms with Crippen molar-refractivity contribution in [1.82, 2.24) is 19.4 Å². The maximum atomic E-state index is 13.4. The maximum Gasteiger partial charge on any atom is 0.341 e. The van der Waals surface area contributed by atoms with Gasteiger partial charge in [0.1, 0.15) is 23.0 Å². The molecule has 0 saturated carbocycles. The quantitative estimate of drug-likeness (QED) is 0.283. The summed E-state index contributed by atoms with van der Waals surface area (Å²) < 4.78 is 7.90. The van der Waals surface area contributed by atoms with E-state index in [9.17, 15) is 14.7 Å². The molecule has 3 aliphatic heterocycles. The van der Waals surface area contributed by atoms with Crippen LogP contribution < -0.4 is 20.0 Å². The van der Waals surface area contributed by atoms with Gasteiger partial charge in [-0.2, -0.15) is 0 Å². The highest BCUT2D eigenvalue weighted by molar-refractivity contribution is 6.34. The maximum absolute atomic E-state index is 13.4. The van der Waals surface area contributed by atoms with E-state index >= 15 is 0 Å². The van der Waals surface area contributed by atoms with Gasteiger partial charge >= 0.3 is 5.97 Å². The number of aromatic carboxylic acids is 1. The number of carbonyl (C=O) groups is 1.